The van der Waals surface area contributed by atoms with Gasteiger partial charge in [0.25, 0.3) is 11.8 Å². The number of nitrogens with one attached hydrogen (secondary N) is 2. The van der Waals surface area contributed by atoms with Crippen LogP contribution >= 0.6 is 11.3 Å². The number of aromatic nitrogens is 2. The summed E-state index contributed by atoms with van der Waals surface area (Å²) >= 11 is 1.56. The summed E-state index contributed by atoms with van der Waals surface area (Å²) in [5, 5.41) is 10.3. The highest BCUT2D eigenvalue weighted by molar-refractivity contribution is 7.14. The molecule has 8 nitrogen and oxygen atoms in total. The van der Waals surface area contributed by atoms with Crippen molar-refractivity contribution in [2.75, 3.05) is 26.3 Å². The summed E-state index contributed by atoms with van der Waals surface area (Å²) in [6.07, 6.45) is 4.57. The fourth-order valence-corrected chi connectivity index (χ4v) is 5.55. The molecular weight excluding hydrogens is 380 g/mol. The summed E-state index contributed by atoms with van der Waals surface area (Å²) in [6.45, 7) is 3.58. The van der Waals surface area contributed by atoms with Crippen molar-refractivity contribution in [1.29, 1.82) is 0 Å². The molecule has 3 aliphatic rings. The van der Waals surface area contributed by atoms with E-state index in [0.29, 0.717) is 11.7 Å². The number of fused-ring (bicyclic) bond motifs is 2. The smallest absolute Gasteiger partial charge is 0.261 e. The van der Waals surface area contributed by atoms with E-state index in [4.69, 9.17) is 14.0 Å². The van der Waals surface area contributed by atoms with Gasteiger partial charge in [0, 0.05) is 11.5 Å². The average molecular weight is 404 g/mol. The summed E-state index contributed by atoms with van der Waals surface area (Å²) in [4.78, 5) is 19.0. The summed E-state index contributed by atoms with van der Waals surface area (Å²) < 4.78 is 17.0. The van der Waals surface area contributed by atoms with Crippen molar-refractivity contribution in [1.82, 2.24) is 20.8 Å². The van der Waals surface area contributed by atoms with E-state index in [2.05, 4.69) is 20.8 Å². The average Bonchev–Trinajstić information content (AvgIpc) is 3.47. The number of carbonyl (C=O) groups excluding carboxylic acids is 1. The number of carbonyl (C=O) groups is 1. The molecule has 2 saturated heterocycles. The van der Waals surface area contributed by atoms with Gasteiger partial charge >= 0.3 is 0 Å². The molecule has 0 radical (unpaired) electrons. The molecule has 0 aliphatic carbocycles. The second kappa shape index (κ2) is 7.55. The molecule has 9 heteroatoms. The molecule has 0 aromatic carbocycles. The van der Waals surface area contributed by atoms with E-state index in [0.717, 1.165) is 63.3 Å². The van der Waals surface area contributed by atoms with Crippen molar-refractivity contribution in [3.63, 3.8) is 0 Å². The van der Waals surface area contributed by atoms with Crippen molar-refractivity contribution < 1.29 is 18.8 Å². The Balaban J connectivity index is 1.26. The van der Waals surface area contributed by atoms with Crippen LogP contribution in [0.1, 0.15) is 63.6 Å². The fourth-order valence-electron chi connectivity index (χ4n) is 4.22. The molecule has 1 atom stereocenters. The number of ether oxygens (including phenoxy) is 2. The number of amides is 1. The van der Waals surface area contributed by atoms with Crippen molar-refractivity contribution in [3.8, 4) is 0 Å². The normalized spacial score (nSPS) is 23.6. The van der Waals surface area contributed by atoms with Crippen LogP contribution in [0, 0.1) is 0 Å². The molecule has 5 heterocycles. The largest absolute Gasteiger partial charge is 0.369 e. The first-order valence-electron chi connectivity index (χ1n) is 9.94. The van der Waals surface area contributed by atoms with Crippen LogP contribution in [0.25, 0.3) is 0 Å². The van der Waals surface area contributed by atoms with E-state index < -0.39 is 0 Å². The van der Waals surface area contributed by atoms with Gasteiger partial charge in [-0.15, -0.1) is 11.3 Å². The molecule has 3 aliphatic heterocycles. The molecular formula is C19H24N4O4S. The Bertz CT molecular complexity index is 852. The lowest BCUT2D eigenvalue weighted by Gasteiger charge is -2.40. The van der Waals surface area contributed by atoms with Crippen molar-refractivity contribution in [3.05, 3.63) is 33.1 Å². The molecule has 150 valence electrons. The molecule has 28 heavy (non-hydrogen) atoms. The standard InChI is InChI=1S/C19H24N4O4S/c24-17(21-11-15-22-18(27-23-15)13-2-1-8-25-13)14-10-12-3-9-26-19(16(12)28-14)4-6-20-7-5-19/h10,13,20H,1-9,11H2,(H,21,24). The second-order valence-corrected chi connectivity index (χ2v) is 8.59. The zero-order chi connectivity index (χ0) is 19.0. The molecule has 1 unspecified atom stereocenters. The van der Waals surface area contributed by atoms with Crippen LogP contribution in [-0.2, 0) is 28.0 Å². The number of hydrogen-bond acceptors (Lipinski definition) is 8. The van der Waals surface area contributed by atoms with E-state index in [9.17, 15) is 4.79 Å². The lowest BCUT2D eigenvalue weighted by atomic mass is 9.86. The van der Waals surface area contributed by atoms with Gasteiger partial charge in [0.05, 0.1) is 18.0 Å². The van der Waals surface area contributed by atoms with Gasteiger partial charge in [-0.1, -0.05) is 5.16 Å². The van der Waals surface area contributed by atoms with Crippen LogP contribution in [0.15, 0.2) is 10.6 Å². The van der Waals surface area contributed by atoms with Gasteiger partial charge in [0.1, 0.15) is 11.7 Å². The van der Waals surface area contributed by atoms with E-state index in [-0.39, 0.29) is 24.2 Å². The maximum atomic E-state index is 12.7. The summed E-state index contributed by atoms with van der Waals surface area (Å²) in [6, 6.07) is 2.02. The van der Waals surface area contributed by atoms with Crippen LogP contribution in [-0.4, -0.2) is 42.4 Å². The molecule has 2 fully saturated rings. The summed E-state index contributed by atoms with van der Waals surface area (Å²) in [7, 11) is 0. The minimum absolute atomic E-state index is 0.105. The first-order valence-corrected chi connectivity index (χ1v) is 10.8. The van der Waals surface area contributed by atoms with Gasteiger partial charge in [-0.2, -0.15) is 4.98 Å². The molecule has 1 spiro atoms. The van der Waals surface area contributed by atoms with Crippen LogP contribution in [0.4, 0.5) is 0 Å². The van der Waals surface area contributed by atoms with Crippen LogP contribution < -0.4 is 10.6 Å². The lowest BCUT2D eigenvalue weighted by molar-refractivity contribution is -0.0771. The molecule has 2 aromatic heterocycles. The lowest BCUT2D eigenvalue weighted by Crippen LogP contribution is -2.43. The quantitative estimate of drug-likeness (QED) is 0.805. The van der Waals surface area contributed by atoms with Gasteiger partial charge in [-0.25, -0.2) is 0 Å². The zero-order valence-corrected chi connectivity index (χ0v) is 16.5. The number of nitrogens with zero attached hydrogens (tertiary/aromatic N) is 2. The fraction of sp³-hybridized carbons (Fsp3) is 0.632. The molecule has 5 rings (SSSR count). The minimum Gasteiger partial charge on any atom is -0.369 e. The highest BCUT2D eigenvalue weighted by Gasteiger charge is 2.41. The van der Waals surface area contributed by atoms with Gasteiger partial charge in [0.2, 0.25) is 0 Å². The number of thiophene rings is 1. The Labute approximate surface area is 167 Å². The van der Waals surface area contributed by atoms with E-state index in [1.807, 2.05) is 6.07 Å². The Hall–Kier alpha value is -1.81. The molecule has 1 amide bonds. The Morgan fingerprint density at radius 3 is 3.07 bits per heavy atom. The predicted octanol–water partition coefficient (Wildman–Crippen LogP) is 2.06. The van der Waals surface area contributed by atoms with Crippen molar-refractivity contribution in [2.24, 2.45) is 0 Å². The minimum atomic E-state index is -0.216. The number of rotatable bonds is 4. The Kier molecular flexibility index (Phi) is 4.92. The second-order valence-electron chi connectivity index (χ2n) is 7.54. The summed E-state index contributed by atoms with van der Waals surface area (Å²) in [5.41, 5.74) is 1.04. The monoisotopic (exact) mass is 404 g/mol. The Morgan fingerprint density at radius 2 is 2.25 bits per heavy atom. The predicted molar refractivity (Wildman–Crippen MR) is 101 cm³/mol. The van der Waals surface area contributed by atoms with Crippen LogP contribution in [0.3, 0.4) is 0 Å². The van der Waals surface area contributed by atoms with Gasteiger partial charge < -0.3 is 24.6 Å². The number of hydrogen-bond donors (Lipinski definition) is 2. The van der Waals surface area contributed by atoms with Crippen LogP contribution in [0.2, 0.25) is 0 Å². The molecule has 2 aromatic rings. The third kappa shape index (κ3) is 3.36. The highest BCUT2D eigenvalue weighted by atomic mass is 32.1. The first-order chi connectivity index (χ1) is 13.7. The topological polar surface area (TPSA) is 98.5 Å². The maximum Gasteiger partial charge on any atom is 0.261 e. The zero-order valence-electron chi connectivity index (χ0n) is 15.7. The van der Waals surface area contributed by atoms with E-state index >= 15 is 0 Å². The Morgan fingerprint density at radius 1 is 1.36 bits per heavy atom. The van der Waals surface area contributed by atoms with Gasteiger partial charge in [0.15, 0.2) is 5.82 Å². The number of piperidine rings is 1. The highest BCUT2D eigenvalue weighted by Crippen LogP contribution is 2.44. The SMILES string of the molecule is O=C(NCc1noc(C2CCCO2)n1)c1cc2c(s1)C1(CCNCC1)OCC2. The molecule has 0 bridgehead atoms. The third-order valence-corrected chi connectivity index (χ3v) is 7.07. The molecule has 0 saturated carbocycles. The van der Waals surface area contributed by atoms with E-state index in [1.165, 1.54) is 10.4 Å². The van der Waals surface area contributed by atoms with Crippen LogP contribution in [0.5, 0.6) is 0 Å². The summed E-state index contributed by atoms with van der Waals surface area (Å²) in [5.74, 6) is 0.864. The molecule has 2 N–H and O–H groups in total. The first kappa shape index (κ1) is 18.2. The van der Waals surface area contributed by atoms with Gasteiger partial charge in [-0.3, -0.25) is 4.79 Å². The maximum absolute atomic E-state index is 12.7. The van der Waals surface area contributed by atoms with E-state index in [1.54, 1.807) is 11.3 Å². The third-order valence-electron chi connectivity index (χ3n) is 5.70. The van der Waals surface area contributed by atoms with Crippen molar-refractivity contribution >= 4 is 17.2 Å². The van der Waals surface area contributed by atoms with Gasteiger partial charge in [-0.05, 0) is 56.8 Å². The van der Waals surface area contributed by atoms with Crippen molar-refractivity contribution in [2.45, 2.75) is 50.4 Å².